The molecule has 1 rings (SSSR count). The molecule has 0 atom stereocenters. The Bertz CT molecular complexity index is 522. The molecule has 0 aliphatic carbocycles. The van der Waals surface area contributed by atoms with Crippen molar-refractivity contribution in [3.8, 4) is 5.75 Å². The first-order valence-corrected chi connectivity index (χ1v) is 5.84. The molecule has 0 unspecified atom stereocenters. The van der Waals surface area contributed by atoms with Crippen LogP contribution in [0.5, 0.6) is 5.75 Å². The van der Waals surface area contributed by atoms with Gasteiger partial charge in [0.25, 0.3) is 0 Å². The average molecular weight is 242 g/mol. The lowest BCUT2D eigenvalue weighted by Gasteiger charge is -2.04. The van der Waals surface area contributed by atoms with Crippen LogP contribution < -0.4 is 4.74 Å². The van der Waals surface area contributed by atoms with Gasteiger partial charge in [-0.05, 0) is 45.4 Å². The van der Waals surface area contributed by atoms with Gasteiger partial charge in [0.05, 0.1) is 0 Å². The van der Waals surface area contributed by atoms with E-state index in [0.29, 0.717) is 5.75 Å². The van der Waals surface area contributed by atoms with E-state index in [9.17, 15) is 4.79 Å². The predicted molar refractivity (Wildman–Crippen MR) is 74.3 cm³/mol. The first kappa shape index (κ1) is 14.0. The van der Waals surface area contributed by atoms with E-state index in [0.717, 1.165) is 16.7 Å². The van der Waals surface area contributed by atoms with Gasteiger partial charge >= 0.3 is 5.97 Å². The van der Waals surface area contributed by atoms with Crippen molar-refractivity contribution in [1.29, 1.82) is 0 Å². The van der Waals surface area contributed by atoms with Crippen LogP contribution in [0, 0.1) is 0 Å². The van der Waals surface area contributed by atoms with Crippen LogP contribution in [0.4, 0.5) is 0 Å². The second-order valence-electron chi connectivity index (χ2n) is 4.47. The van der Waals surface area contributed by atoms with Gasteiger partial charge in [-0.1, -0.05) is 23.8 Å². The Hall–Kier alpha value is -2.05. The fourth-order valence-corrected chi connectivity index (χ4v) is 1.29. The first-order valence-electron chi connectivity index (χ1n) is 5.84. The number of esters is 1. The zero-order chi connectivity index (χ0) is 13.5. The van der Waals surface area contributed by atoms with Crippen LogP contribution in [0.2, 0.25) is 0 Å². The van der Waals surface area contributed by atoms with Crippen LogP contribution >= 0.6 is 0 Å². The van der Waals surface area contributed by atoms with E-state index in [4.69, 9.17) is 4.74 Å². The molecule has 0 saturated heterocycles. The summed E-state index contributed by atoms with van der Waals surface area (Å²) in [6.07, 6.45) is 3.29. The third kappa shape index (κ3) is 4.86. The summed E-state index contributed by atoms with van der Waals surface area (Å²) < 4.78 is 5.29. The van der Waals surface area contributed by atoms with Gasteiger partial charge in [-0.3, -0.25) is 0 Å². The quantitative estimate of drug-likeness (QED) is 0.344. The fourth-order valence-electron chi connectivity index (χ4n) is 1.29. The fraction of sp³-hybridized carbons (Fsp3) is 0.250. The maximum atomic E-state index is 11.6. The maximum absolute atomic E-state index is 11.6. The lowest BCUT2D eigenvalue weighted by Crippen LogP contribution is -2.05. The molecule has 0 aromatic heterocycles. The Labute approximate surface area is 108 Å². The molecule has 0 bridgehead atoms. The monoisotopic (exact) mass is 242 g/mol. The molecule has 94 valence electrons. The standard InChI is InChI=1S/C16H18O2/c1-12(2)9-10-14-7-5-6-8-15(14)18-16(17)11-13(3)4/h5-8,10-11H,1-4H3. The van der Waals surface area contributed by atoms with Crippen molar-refractivity contribution in [2.45, 2.75) is 27.7 Å². The zero-order valence-corrected chi connectivity index (χ0v) is 11.3. The van der Waals surface area contributed by atoms with Crippen molar-refractivity contribution in [3.63, 3.8) is 0 Å². The molecule has 0 spiro atoms. The molecular formula is C16H18O2. The van der Waals surface area contributed by atoms with E-state index in [1.807, 2.05) is 52.0 Å². The third-order valence-corrected chi connectivity index (χ3v) is 2.05. The summed E-state index contributed by atoms with van der Waals surface area (Å²) in [6, 6.07) is 7.40. The number of benzene rings is 1. The highest BCUT2D eigenvalue weighted by atomic mass is 16.5. The van der Waals surface area contributed by atoms with Crippen molar-refractivity contribution in [2.75, 3.05) is 0 Å². The van der Waals surface area contributed by atoms with E-state index in [2.05, 4.69) is 5.73 Å². The van der Waals surface area contributed by atoms with Gasteiger partial charge in [0.1, 0.15) is 5.75 Å². The van der Waals surface area contributed by atoms with E-state index >= 15 is 0 Å². The SMILES string of the molecule is CC(C)=C=Cc1ccccc1OC(=O)C=C(C)C. The molecule has 0 amide bonds. The van der Waals surface area contributed by atoms with Crippen molar-refractivity contribution in [3.05, 3.63) is 52.8 Å². The molecule has 2 nitrogen and oxygen atoms in total. The van der Waals surface area contributed by atoms with Gasteiger partial charge in [-0.15, -0.1) is 5.73 Å². The van der Waals surface area contributed by atoms with Crippen LogP contribution in [0.1, 0.15) is 33.3 Å². The minimum Gasteiger partial charge on any atom is -0.423 e. The van der Waals surface area contributed by atoms with E-state index in [1.165, 1.54) is 6.08 Å². The summed E-state index contributed by atoms with van der Waals surface area (Å²) in [6.45, 7) is 7.65. The van der Waals surface area contributed by atoms with Gasteiger partial charge in [0.2, 0.25) is 0 Å². The highest BCUT2D eigenvalue weighted by Crippen LogP contribution is 2.19. The number of hydrogen-bond acceptors (Lipinski definition) is 2. The zero-order valence-electron chi connectivity index (χ0n) is 11.3. The Morgan fingerprint density at radius 2 is 1.83 bits per heavy atom. The number of ether oxygens (including phenoxy) is 1. The molecule has 2 heteroatoms. The molecule has 0 saturated carbocycles. The third-order valence-electron chi connectivity index (χ3n) is 2.05. The number of hydrogen-bond donors (Lipinski definition) is 0. The lowest BCUT2D eigenvalue weighted by atomic mass is 10.2. The largest absolute Gasteiger partial charge is 0.423 e. The summed E-state index contributed by atoms with van der Waals surface area (Å²) in [4.78, 5) is 11.6. The number of allylic oxidation sites excluding steroid dienone is 2. The van der Waals surface area contributed by atoms with Gasteiger partial charge in [0, 0.05) is 11.6 Å². The van der Waals surface area contributed by atoms with Crippen LogP contribution in [-0.2, 0) is 4.79 Å². The Morgan fingerprint density at radius 3 is 2.44 bits per heavy atom. The van der Waals surface area contributed by atoms with Crippen LogP contribution in [0.3, 0.4) is 0 Å². The van der Waals surface area contributed by atoms with Gasteiger partial charge in [0.15, 0.2) is 0 Å². The predicted octanol–water partition coefficient (Wildman–Crippen LogP) is 4.14. The number of rotatable bonds is 3. The van der Waals surface area contributed by atoms with E-state index in [-0.39, 0.29) is 5.97 Å². The maximum Gasteiger partial charge on any atom is 0.336 e. The average Bonchev–Trinajstić information content (AvgIpc) is 2.26. The van der Waals surface area contributed by atoms with Crippen molar-refractivity contribution < 1.29 is 9.53 Å². The highest BCUT2D eigenvalue weighted by molar-refractivity contribution is 5.85. The van der Waals surface area contributed by atoms with Gasteiger partial charge in [-0.25, -0.2) is 4.79 Å². The minimum atomic E-state index is -0.354. The van der Waals surface area contributed by atoms with Crippen LogP contribution in [-0.4, -0.2) is 5.97 Å². The second-order valence-corrected chi connectivity index (χ2v) is 4.47. The molecule has 0 N–H and O–H groups in total. The number of para-hydroxylation sites is 1. The Balaban J connectivity index is 3.00. The molecule has 1 aromatic rings. The lowest BCUT2D eigenvalue weighted by molar-refractivity contribution is -0.129. The summed E-state index contributed by atoms with van der Waals surface area (Å²) in [5, 5.41) is 0. The van der Waals surface area contributed by atoms with Crippen molar-refractivity contribution in [2.24, 2.45) is 0 Å². The minimum absolute atomic E-state index is 0.354. The van der Waals surface area contributed by atoms with Gasteiger partial charge < -0.3 is 4.74 Å². The molecule has 0 aliphatic rings. The first-order chi connectivity index (χ1) is 8.49. The molecule has 0 fully saturated rings. The highest BCUT2D eigenvalue weighted by Gasteiger charge is 2.04. The number of carbonyl (C=O) groups excluding carboxylic acids is 1. The van der Waals surface area contributed by atoms with Crippen LogP contribution in [0.15, 0.2) is 47.2 Å². The topological polar surface area (TPSA) is 26.3 Å². The summed E-state index contributed by atoms with van der Waals surface area (Å²) >= 11 is 0. The molecular weight excluding hydrogens is 224 g/mol. The van der Waals surface area contributed by atoms with Gasteiger partial charge in [-0.2, -0.15) is 0 Å². The molecule has 0 radical (unpaired) electrons. The molecule has 0 aliphatic heterocycles. The molecule has 1 aromatic carbocycles. The summed E-state index contributed by atoms with van der Waals surface area (Å²) in [5.41, 5.74) is 5.93. The Kier molecular flexibility index (Phi) is 5.16. The summed E-state index contributed by atoms with van der Waals surface area (Å²) in [5.74, 6) is 0.196. The van der Waals surface area contributed by atoms with E-state index in [1.54, 1.807) is 6.07 Å². The summed E-state index contributed by atoms with van der Waals surface area (Å²) in [7, 11) is 0. The molecule has 18 heavy (non-hydrogen) atoms. The normalized spacial score (nSPS) is 9.11. The Morgan fingerprint density at radius 1 is 1.17 bits per heavy atom. The van der Waals surface area contributed by atoms with Crippen LogP contribution in [0.25, 0.3) is 6.08 Å². The van der Waals surface area contributed by atoms with Crippen molar-refractivity contribution in [1.82, 2.24) is 0 Å². The molecule has 0 heterocycles. The van der Waals surface area contributed by atoms with Crippen molar-refractivity contribution >= 4 is 12.0 Å². The van der Waals surface area contributed by atoms with E-state index < -0.39 is 0 Å². The number of carbonyl (C=O) groups is 1. The smallest absolute Gasteiger partial charge is 0.336 e. The second kappa shape index (κ2) is 6.63.